The second-order valence-corrected chi connectivity index (χ2v) is 4.51. The van der Waals surface area contributed by atoms with Gasteiger partial charge in [-0.15, -0.1) is 0 Å². The van der Waals surface area contributed by atoms with E-state index < -0.39 is 5.97 Å². The molecule has 2 rings (SSSR count). The van der Waals surface area contributed by atoms with E-state index in [1.165, 1.54) is 10.8 Å². The first-order valence-corrected chi connectivity index (χ1v) is 6.17. The van der Waals surface area contributed by atoms with Crippen molar-refractivity contribution in [3.05, 3.63) is 45.5 Å². The van der Waals surface area contributed by atoms with Crippen molar-refractivity contribution < 1.29 is 14.4 Å². The molecule has 20 heavy (non-hydrogen) atoms. The summed E-state index contributed by atoms with van der Waals surface area (Å²) in [6, 6.07) is 1.67. The zero-order chi connectivity index (χ0) is 14.7. The molecule has 2 aromatic rings. The van der Waals surface area contributed by atoms with Crippen LogP contribution in [0.5, 0.6) is 0 Å². The largest absolute Gasteiger partial charge is 0.481 e. The molecule has 7 nitrogen and oxygen atoms in total. The van der Waals surface area contributed by atoms with Crippen LogP contribution in [-0.2, 0) is 17.8 Å². The van der Waals surface area contributed by atoms with Crippen LogP contribution in [-0.4, -0.2) is 25.8 Å². The normalized spacial score (nSPS) is 10.7. The van der Waals surface area contributed by atoms with Gasteiger partial charge in [-0.2, -0.15) is 4.98 Å². The molecule has 0 aliphatic carbocycles. The van der Waals surface area contributed by atoms with Gasteiger partial charge >= 0.3 is 11.7 Å². The van der Waals surface area contributed by atoms with E-state index in [4.69, 9.17) is 9.63 Å². The van der Waals surface area contributed by atoms with Crippen LogP contribution in [0, 0.1) is 13.8 Å². The highest BCUT2D eigenvalue weighted by Crippen LogP contribution is 2.13. The highest BCUT2D eigenvalue weighted by molar-refractivity contribution is 5.67. The molecule has 2 aromatic heterocycles. The average molecular weight is 277 g/mol. The van der Waals surface area contributed by atoms with E-state index in [1.54, 1.807) is 19.9 Å². The molecule has 0 bridgehead atoms. The summed E-state index contributed by atoms with van der Waals surface area (Å²) in [6.45, 7) is 3.76. The Morgan fingerprint density at radius 3 is 2.80 bits per heavy atom. The summed E-state index contributed by atoms with van der Waals surface area (Å²) < 4.78 is 6.21. The van der Waals surface area contributed by atoms with E-state index in [2.05, 4.69) is 10.1 Å². The van der Waals surface area contributed by atoms with E-state index in [9.17, 15) is 9.59 Å². The summed E-state index contributed by atoms with van der Waals surface area (Å²) in [4.78, 5) is 26.6. The number of carbonyl (C=O) groups is 1. The summed E-state index contributed by atoms with van der Waals surface area (Å²) in [6.07, 6.45) is 1.79. The Morgan fingerprint density at radius 1 is 1.45 bits per heavy atom. The predicted molar refractivity (Wildman–Crippen MR) is 69.5 cm³/mol. The molecule has 0 spiro atoms. The van der Waals surface area contributed by atoms with Crippen molar-refractivity contribution >= 4 is 5.97 Å². The lowest BCUT2D eigenvalue weighted by Crippen LogP contribution is -2.28. The zero-order valence-corrected chi connectivity index (χ0v) is 11.3. The highest BCUT2D eigenvalue weighted by atomic mass is 16.5. The minimum Gasteiger partial charge on any atom is -0.481 e. The Hall–Kier alpha value is -2.44. The second kappa shape index (κ2) is 5.68. The molecule has 0 aromatic carbocycles. The van der Waals surface area contributed by atoms with Gasteiger partial charge in [0.15, 0.2) is 0 Å². The Balaban J connectivity index is 2.38. The average Bonchev–Trinajstić information content (AvgIpc) is 2.86. The molecular weight excluding hydrogens is 262 g/mol. The van der Waals surface area contributed by atoms with E-state index in [1.807, 2.05) is 0 Å². The maximum absolute atomic E-state index is 12.0. The Morgan fingerprint density at radius 2 is 2.20 bits per heavy atom. The molecule has 0 atom stereocenters. The quantitative estimate of drug-likeness (QED) is 0.872. The highest BCUT2D eigenvalue weighted by Gasteiger charge is 2.13. The van der Waals surface area contributed by atoms with Crippen LogP contribution in [0.2, 0.25) is 0 Å². The molecule has 0 saturated carbocycles. The summed E-state index contributed by atoms with van der Waals surface area (Å²) in [5, 5.41) is 12.5. The number of rotatable bonds is 5. The van der Waals surface area contributed by atoms with E-state index in [0.717, 1.165) is 5.56 Å². The van der Waals surface area contributed by atoms with Gasteiger partial charge in [-0.05, 0) is 25.8 Å². The van der Waals surface area contributed by atoms with Crippen LogP contribution in [0.3, 0.4) is 0 Å². The number of aromatic nitrogens is 3. The number of hydrogen-bond donors (Lipinski definition) is 1. The van der Waals surface area contributed by atoms with Gasteiger partial charge in [0.2, 0.25) is 0 Å². The van der Waals surface area contributed by atoms with Crippen LogP contribution in [0.1, 0.15) is 29.1 Å². The van der Waals surface area contributed by atoms with Gasteiger partial charge in [0.1, 0.15) is 12.0 Å². The number of aliphatic carboxylic acids is 1. The summed E-state index contributed by atoms with van der Waals surface area (Å²) >= 11 is 0. The minimum atomic E-state index is -0.877. The molecule has 0 unspecified atom stereocenters. The first-order valence-electron chi connectivity index (χ1n) is 6.17. The van der Waals surface area contributed by atoms with E-state index in [-0.39, 0.29) is 18.7 Å². The van der Waals surface area contributed by atoms with Gasteiger partial charge in [0.05, 0.1) is 6.54 Å². The first kappa shape index (κ1) is 14.0. The third kappa shape index (κ3) is 2.93. The number of carboxylic acid groups (broad SMARTS) is 1. The van der Waals surface area contributed by atoms with Crippen molar-refractivity contribution in [1.82, 2.24) is 14.7 Å². The maximum Gasteiger partial charge on any atom is 0.348 e. The predicted octanol–water partition coefficient (Wildman–Crippen LogP) is 0.914. The lowest BCUT2D eigenvalue weighted by Gasteiger charge is -2.14. The van der Waals surface area contributed by atoms with Crippen LogP contribution in [0.15, 0.2) is 21.6 Å². The zero-order valence-electron chi connectivity index (χ0n) is 11.3. The molecule has 0 aliphatic rings. The molecule has 2 heterocycles. The minimum absolute atomic E-state index is 0.00548. The smallest absolute Gasteiger partial charge is 0.348 e. The standard InChI is InChI=1S/C13H15N3O4/c1-8-11(3-4-12(17)18)9(2)16(13(19)14-8)7-10-5-6-20-15-10/h5-6H,3-4,7H2,1-2H3,(H,17,18). The third-order valence-electron chi connectivity index (χ3n) is 3.17. The van der Waals surface area contributed by atoms with Gasteiger partial charge in [-0.25, -0.2) is 4.79 Å². The van der Waals surface area contributed by atoms with E-state index in [0.29, 0.717) is 23.5 Å². The monoisotopic (exact) mass is 277 g/mol. The van der Waals surface area contributed by atoms with Crippen LogP contribution < -0.4 is 5.69 Å². The third-order valence-corrected chi connectivity index (χ3v) is 3.17. The molecule has 0 saturated heterocycles. The van der Waals surface area contributed by atoms with Gasteiger partial charge in [0.25, 0.3) is 0 Å². The first-order chi connectivity index (χ1) is 9.49. The van der Waals surface area contributed by atoms with Crippen LogP contribution in [0.25, 0.3) is 0 Å². The Kier molecular flexibility index (Phi) is 3.97. The number of nitrogens with zero attached hydrogens (tertiary/aromatic N) is 3. The van der Waals surface area contributed by atoms with Gasteiger partial charge in [-0.1, -0.05) is 5.16 Å². The molecule has 106 valence electrons. The topological polar surface area (TPSA) is 98.2 Å². The summed E-state index contributed by atoms with van der Waals surface area (Å²) in [7, 11) is 0. The molecule has 0 aliphatic heterocycles. The fourth-order valence-electron chi connectivity index (χ4n) is 2.10. The SMILES string of the molecule is Cc1nc(=O)n(Cc2ccon2)c(C)c1CCC(=O)O. The maximum atomic E-state index is 12.0. The van der Waals surface area contributed by atoms with Gasteiger partial charge in [0, 0.05) is 23.9 Å². The molecule has 0 fully saturated rings. The Labute approximate surface area is 114 Å². The Bertz CT molecular complexity index is 674. The van der Waals surface area contributed by atoms with Crippen molar-refractivity contribution in [2.75, 3.05) is 0 Å². The molecular formula is C13H15N3O4. The van der Waals surface area contributed by atoms with Crippen molar-refractivity contribution in [2.24, 2.45) is 0 Å². The van der Waals surface area contributed by atoms with Gasteiger partial charge < -0.3 is 9.63 Å². The number of aryl methyl sites for hydroxylation is 1. The number of carboxylic acids is 1. The lowest BCUT2D eigenvalue weighted by molar-refractivity contribution is -0.136. The van der Waals surface area contributed by atoms with Crippen LogP contribution in [0.4, 0.5) is 0 Å². The summed E-state index contributed by atoms with van der Waals surface area (Å²) in [5.74, 6) is -0.877. The van der Waals surface area contributed by atoms with E-state index >= 15 is 0 Å². The van der Waals surface area contributed by atoms with Crippen molar-refractivity contribution in [3.63, 3.8) is 0 Å². The molecule has 1 N–H and O–H groups in total. The molecule has 0 amide bonds. The molecule has 0 radical (unpaired) electrons. The fourth-order valence-corrected chi connectivity index (χ4v) is 2.10. The van der Waals surface area contributed by atoms with Gasteiger partial charge in [-0.3, -0.25) is 9.36 Å². The van der Waals surface area contributed by atoms with Crippen molar-refractivity contribution in [1.29, 1.82) is 0 Å². The number of hydrogen-bond acceptors (Lipinski definition) is 5. The molecule has 7 heteroatoms. The second-order valence-electron chi connectivity index (χ2n) is 4.51. The van der Waals surface area contributed by atoms with Crippen molar-refractivity contribution in [3.8, 4) is 0 Å². The van der Waals surface area contributed by atoms with Crippen LogP contribution >= 0.6 is 0 Å². The fraction of sp³-hybridized carbons (Fsp3) is 0.385. The summed E-state index contributed by atoms with van der Waals surface area (Å²) in [5.41, 5.74) is 2.32. The van der Waals surface area contributed by atoms with Crippen molar-refractivity contribution in [2.45, 2.75) is 33.2 Å². The lowest BCUT2D eigenvalue weighted by atomic mass is 10.1.